The first kappa shape index (κ1) is 19.3. The van der Waals surface area contributed by atoms with Crippen molar-refractivity contribution in [2.75, 3.05) is 0 Å². The minimum Gasteiger partial charge on any atom is -0.258 e. The quantitative estimate of drug-likeness (QED) is 0.729. The summed E-state index contributed by atoms with van der Waals surface area (Å²) in [4.78, 5) is 40.3. The van der Waals surface area contributed by atoms with E-state index in [1.807, 2.05) is 39.0 Å². The summed E-state index contributed by atoms with van der Waals surface area (Å²) in [6.45, 7) is 5.85. The molecule has 8 heteroatoms. The van der Waals surface area contributed by atoms with Crippen LogP contribution in [0.3, 0.4) is 0 Å². The van der Waals surface area contributed by atoms with Crippen molar-refractivity contribution < 1.29 is 0 Å². The van der Waals surface area contributed by atoms with Crippen LogP contribution in [0.5, 0.6) is 0 Å². The zero-order chi connectivity index (χ0) is 19.9. The van der Waals surface area contributed by atoms with Gasteiger partial charge in [0, 0.05) is 21.9 Å². The summed E-state index contributed by atoms with van der Waals surface area (Å²) >= 11 is 7.70. The molecule has 6 nitrogen and oxygen atoms in total. The van der Waals surface area contributed by atoms with Crippen LogP contribution in [0.1, 0.15) is 16.7 Å². The lowest BCUT2D eigenvalue weighted by molar-refractivity contribution is 0.660. The number of benzene rings is 2. The molecular weight excluding hydrogens is 386 g/mol. The van der Waals surface area contributed by atoms with Gasteiger partial charge in [-0.05, 0) is 61.7 Å². The molecule has 1 aromatic heterocycles. The molecule has 3 rings (SSSR count). The molecule has 27 heavy (non-hydrogen) atoms. The fourth-order valence-electron chi connectivity index (χ4n) is 2.79. The van der Waals surface area contributed by atoms with Gasteiger partial charge in [-0.25, -0.2) is 23.5 Å². The van der Waals surface area contributed by atoms with Gasteiger partial charge in [-0.2, -0.15) is 0 Å². The van der Waals surface area contributed by atoms with Gasteiger partial charge in [0.1, 0.15) is 0 Å². The number of hydrogen-bond donors (Lipinski definition) is 1. The average molecular weight is 404 g/mol. The van der Waals surface area contributed by atoms with Gasteiger partial charge >= 0.3 is 17.1 Å². The van der Waals surface area contributed by atoms with Crippen molar-refractivity contribution in [2.24, 2.45) is 7.05 Å². The molecule has 0 aliphatic carbocycles. The molecular formula is C19H18ClN3O3S. The van der Waals surface area contributed by atoms with Crippen LogP contribution in [-0.4, -0.2) is 14.1 Å². The second kappa shape index (κ2) is 7.25. The van der Waals surface area contributed by atoms with Crippen LogP contribution in [0.25, 0.3) is 5.69 Å². The van der Waals surface area contributed by atoms with Gasteiger partial charge in [0.15, 0.2) is 0 Å². The highest BCUT2D eigenvalue weighted by molar-refractivity contribution is 7.99. The molecule has 0 atom stereocenters. The Morgan fingerprint density at radius 2 is 1.56 bits per heavy atom. The van der Waals surface area contributed by atoms with Crippen molar-refractivity contribution in [3.05, 3.63) is 83.5 Å². The molecule has 0 amide bonds. The number of aromatic amines is 1. The van der Waals surface area contributed by atoms with E-state index in [1.165, 1.54) is 7.05 Å². The molecule has 140 valence electrons. The van der Waals surface area contributed by atoms with Crippen molar-refractivity contribution in [3.63, 3.8) is 0 Å². The normalized spacial score (nSPS) is 11.0. The lowest BCUT2D eigenvalue weighted by Crippen LogP contribution is -2.47. The predicted octanol–water partition coefficient (Wildman–Crippen LogP) is 2.95. The zero-order valence-corrected chi connectivity index (χ0v) is 16.9. The SMILES string of the molecule is Cc1ccc(Cl)cc1Sc1c(C)cc(-n2c(=O)[nH]c(=O)n(C)c2=O)cc1C. The maximum absolute atomic E-state index is 12.4. The molecule has 1 N–H and O–H groups in total. The molecule has 2 aromatic carbocycles. The third-order valence-corrected chi connectivity index (χ3v) is 6.01. The summed E-state index contributed by atoms with van der Waals surface area (Å²) in [6, 6.07) is 9.25. The van der Waals surface area contributed by atoms with Crippen LogP contribution in [0.2, 0.25) is 5.02 Å². The molecule has 3 aromatic rings. The molecule has 0 aliphatic heterocycles. The van der Waals surface area contributed by atoms with E-state index >= 15 is 0 Å². The number of aryl methyl sites for hydroxylation is 3. The van der Waals surface area contributed by atoms with Crippen LogP contribution in [0.4, 0.5) is 0 Å². The van der Waals surface area contributed by atoms with Crippen molar-refractivity contribution in [1.82, 2.24) is 14.1 Å². The largest absolute Gasteiger partial charge is 0.340 e. The number of aromatic nitrogens is 3. The van der Waals surface area contributed by atoms with Crippen molar-refractivity contribution in [3.8, 4) is 5.69 Å². The Hall–Kier alpha value is -2.51. The summed E-state index contributed by atoms with van der Waals surface area (Å²) in [5.41, 5.74) is 1.17. The van der Waals surface area contributed by atoms with Crippen LogP contribution in [-0.2, 0) is 7.05 Å². The lowest BCUT2D eigenvalue weighted by atomic mass is 10.1. The number of rotatable bonds is 3. The summed E-state index contributed by atoms with van der Waals surface area (Å²) < 4.78 is 1.82. The van der Waals surface area contributed by atoms with E-state index in [0.717, 1.165) is 35.6 Å². The summed E-state index contributed by atoms with van der Waals surface area (Å²) in [6.07, 6.45) is 0. The zero-order valence-electron chi connectivity index (χ0n) is 15.3. The summed E-state index contributed by atoms with van der Waals surface area (Å²) in [5, 5.41) is 0.665. The average Bonchev–Trinajstić information content (AvgIpc) is 2.59. The predicted molar refractivity (Wildman–Crippen MR) is 108 cm³/mol. The molecule has 0 radical (unpaired) electrons. The van der Waals surface area contributed by atoms with E-state index in [2.05, 4.69) is 4.98 Å². The fourth-order valence-corrected chi connectivity index (χ4v) is 4.11. The molecule has 0 fully saturated rings. The molecule has 0 bridgehead atoms. The number of H-pyrrole nitrogens is 1. The van der Waals surface area contributed by atoms with Crippen LogP contribution >= 0.6 is 23.4 Å². The Kier molecular flexibility index (Phi) is 5.17. The first-order valence-electron chi connectivity index (χ1n) is 8.17. The highest BCUT2D eigenvalue weighted by atomic mass is 35.5. The number of nitrogens with zero attached hydrogens (tertiary/aromatic N) is 2. The minimum absolute atomic E-state index is 0.416. The van der Waals surface area contributed by atoms with Crippen molar-refractivity contribution >= 4 is 23.4 Å². The van der Waals surface area contributed by atoms with Gasteiger partial charge in [0.2, 0.25) is 0 Å². The Morgan fingerprint density at radius 3 is 2.19 bits per heavy atom. The fraction of sp³-hybridized carbons (Fsp3) is 0.211. The smallest absolute Gasteiger partial charge is 0.258 e. The van der Waals surface area contributed by atoms with E-state index < -0.39 is 17.1 Å². The molecule has 0 saturated carbocycles. The van der Waals surface area contributed by atoms with E-state index in [1.54, 1.807) is 23.9 Å². The number of halogens is 1. The molecule has 0 unspecified atom stereocenters. The highest BCUT2D eigenvalue weighted by Gasteiger charge is 2.14. The molecule has 1 heterocycles. The van der Waals surface area contributed by atoms with Gasteiger partial charge in [-0.15, -0.1) is 0 Å². The first-order valence-corrected chi connectivity index (χ1v) is 9.36. The second-order valence-electron chi connectivity index (χ2n) is 6.33. The standard InChI is InChI=1S/C19H18ClN3O3S/c1-10-5-6-13(20)9-15(10)27-16-11(2)7-14(8-12(16)3)23-18(25)21-17(24)22(4)19(23)26/h5-9H,1-4H3,(H,21,24,25). The maximum Gasteiger partial charge on any atom is 0.340 e. The van der Waals surface area contributed by atoms with Gasteiger partial charge in [0.05, 0.1) is 5.69 Å². The molecule has 0 aliphatic rings. The van der Waals surface area contributed by atoms with Crippen LogP contribution in [0, 0.1) is 20.8 Å². The topological polar surface area (TPSA) is 76.9 Å². The van der Waals surface area contributed by atoms with Crippen molar-refractivity contribution in [1.29, 1.82) is 0 Å². The molecule has 0 saturated heterocycles. The number of hydrogen-bond acceptors (Lipinski definition) is 4. The third-order valence-electron chi connectivity index (χ3n) is 4.27. The molecule has 0 spiro atoms. The van der Waals surface area contributed by atoms with Crippen LogP contribution < -0.4 is 17.1 Å². The van der Waals surface area contributed by atoms with Crippen LogP contribution in [0.15, 0.2) is 54.5 Å². The summed E-state index contributed by atoms with van der Waals surface area (Å²) in [7, 11) is 1.32. The minimum atomic E-state index is -0.756. The summed E-state index contributed by atoms with van der Waals surface area (Å²) in [5.74, 6) is 0. The Balaban J connectivity index is 2.13. The van der Waals surface area contributed by atoms with Gasteiger partial charge in [0.25, 0.3) is 0 Å². The van der Waals surface area contributed by atoms with Gasteiger partial charge in [-0.1, -0.05) is 29.4 Å². The highest BCUT2D eigenvalue weighted by Crippen LogP contribution is 2.36. The monoisotopic (exact) mass is 403 g/mol. The Labute approximate surface area is 164 Å². The van der Waals surface area contributed by atoms with Gasteiger partial charge < -0.3 is 0 Å². The first-order chi connectivity index (χ1) is 12.7. The Bertz CT molecular complexity index is 1200. The number of nitrogens with one attached hydrogen (secondary N) is 1. The second-order valence-corrected chi connectivity index (χ2v) is 7.82. The van der Waals surface area contributed by atoms with E-state index in [-0.39, 0.29) is 0 Å². The maximum atomic E-state index is 12.4. The van der Waals surface area contributed by atoms with Crippen molar-refractivity contribution in [2.45, 2.75) is 30.6 Å². The third kappa shape index (κ3) is 3.65. The van der Waals surface area contributed by atoms with E-state index in [4.69, 9.17) is 11.6 Å². The van der Waals surface area contributed by atoms with E-state index in [9.17, 15) is 14.4 Å². The van der Waals surface area contributed by atoms with Gasteiger partial charge in [-0.3, -0.25) is 4.98 Å². The lowest BCUT2D eigenvalue weighted by Gasteiger charge is -2.14. The van der Waals surface area contributed by atoms with E-state index in [0.29, 0.717) is 10.7 Å². The Morgan fingerprint density at radius 1 is 0.926 bits per heavy atom.